The van der Waals surface area contributed by atoms with Gasteiger partial charge >= 0.3 is 0 Å². The highest BCUT2D eigenvalue weighted by Crippen LogP contribution is 2.17. The third-order valence-electron chi connectivity index (χ3n) is 4.02. The van der Waals surface area contributed by atoms with Crippen LogP contribution in [0.4, 0.5) is 17.2 Å². The predicted octanol–water partition coefficient (Wildman–Crippen LogP) is 3.86. The Kier molecular flexibility index (Phi) is 5.96. The molecule has 1 atom stereocenters. The van der Waals surface area contributed by atoms with Crippen molar-refractivity contribution in [1.82, 2.24) is 10.2 Å². The Labute approximate surface area is 163 Å². The van der Waals surface area contributed by atoms with Crippen LogP contribution in [0.1, 0.15) is 35.9 Å². The van der Waals surface area contributed by atoms with Gasteiger partial charge in [-0.05, 0) is 48.9 Å². The van der Waals surface area contributed by atoms with Gasteiger partial charge in [0, 0.05) is 24.3 Å². The number of amides is 2. The van der Waals surface area contributed by atoms with E-state index in [-0.39, 0.29) is 23.6 Å². The van der Waals surface area contributed by atoms with Crippen molar-refractivity contribution in [3.63, 3.8) is 0 Å². The maximum Gasteiger partial charge on any atom is 0.276 e. The first-order valence-electron chi connectivity index (χ1n) is 8.85. The molecular formula is C21H21N5O2. The zero-order chi connectivity index (χ0) is 19.9. The predicted molar refractivity (Wildman–Crippen MR) is 109 cm³/mol. The molecule has 0 aliphatic heterocycles. The molecule has 3 N–H and O–H groups in total. The van der Waals surface area contributed by atoms with Gasteiger partial charge in [0.2, 0.25) is 5.91 Å². The molecule has 2 aromatic carbocycles. The average Bonchev–Trinajstić information content (AvgIpc) is 2.70. The van der Waals surface area contributed by atoms with Crippen LogP contribution >= 0.6 is 0 Å². The number of rotatable bonds is 6. The van der Waals surface area contributed by atoms with E-state index in [1.165, 1.54) is 6.92 Å². The van der Waals surface area contributed by atoms with E-state index < -0.39 is 0 Å². The van der Waals surface area contributed by atoms with Crippen LogP contribution in [0.5, 0.6) is 0 Å². The van der Waals surface area contributed by atoms with Crippen molar-refractivity contribution < 1.29 is 9.59 Å². The maximum atomic E-state index is 12.3. The molecule has 1 aromatic heterocycles. The molecule has 0 spiro atoms. The summed E-state index contributed by atoms with van der Waals surface area (Å²) in [6.45, 7) is 3.47. The number of nitrogens with zero attached hydrogens (tertiary/aromatic N) is 2. The topological polar surface area (TPSA) is 96.0 Å². The molecule has 7 heteroatoms. The summed E-state index contributed by atoms with van der Waals surface area (Å²) < 4.78 is 0. The Morgan fingerprint density at radius 3 is 2.04 bits per heavy atom. The van der Waals surface area contributed by atoms with Gasteiger partial charge in [0.25, 0.3) is 5.91 Å². The highest BCUT2D eigenvalue weighted by Gasteiger charge is 2.10. The number of carbonyl (C=O) groups is 2. The molecule has 0 aliphatic carbocycles. The molecule has 3 rings (SSSR count). The third-order valence-corrected chi connectivity index (χ3v) is 4.02. The summed E-state index contributed by atoms with van der Waals surface area (Å²) in [6.07, 6.45) is 0. The van der Waals surface area contributed by atoms with E-state index in [2.05, 4.69) is 26.1 Å². The molecule has 3 aromatic rings. The summed E-state index contributed by atoms with van der Waals surface area (Å²) in [5.41, 5.74) is 2.60. The van der Waals surface area contributed by atoms with E-state index >= 15 is 0 Å². The van der Waals surface area contributed by atoms with Crippen LogP contribution in [0.15, 0.2) is 66.7 Å². The number of benzene rings is 2. The van der Waals surface area contributed by atoms with Crippen LogP contribution in [0.2, 0.25) is 0 Å². The number of aromatic nitrogens is 2. The highest BCUT2D eigenvalue weighted by molar-refractivity contribution is 6.03. The summed E-state index contributed by atoms with van der Waals surface area (Å²) in [4.78, 5) is 23.4. The first-order valence-corrected chi connectivity index (χ1v) is 8.85. The largest absolute Gasteiger partial charge is 0.362 e. The smallest absolute Gasteiger partial charge is 0.276 e. The highest BCUT2D eigenvalue weighted by atomic mass is 16.2. The minimum atomic E-state index is -0.359. The molecule has 1 heterocycles. The van der Waals surface area contributed by atoms with Crippen LogP contribution in [0.3, 0.4) is 0 Å². The van der Waals surface area contributed by atoms with Crippen LogP contribution in [-0.4, -0.2) is 22.0 Å². The Hall–Kier alpha value is -3.74. The fraction of sp³-hybridized carbons (Fsp3) is 0.143. The molecule has 0 radical (unpaired) electrons. The Morgan fingerprint density at radius 1 is 0.821 bits per heavy atom. The first-order chi connectivity index (χ1) is 13.5. The fourth-order valence-electron chi connectivity index (χ4n) is 2.61. The van der Waals surface area contributed by atoms with Gasteiger partial charge in [-0.1, -0.05) is 30.3 Å². The second-order valence-electron chi connectivity index (χ2n) is 6.29. The Balaban J connectivity index is 1.59. The lowest BCUT2D eigenvalue weighted by molar-refractivity contribution is -0.114. The van der Waals surface area contributed by atoms with Crippen LogP contribution < -0.4 is 16.0 Å². The van der Waals surface area contributed by atoms with Crippen LogP contribution in [0.25, 0.3) is 0 Å². The van der Waals surface area contributed by atoms with E-state index in [1.807, 2.05) is 37.3 Å². The average molecular weight is 375 g/mol. The quantitative estimate of drug-likeness (QED) is 0.608. The molecule has 0 aliphatic rings. The third kappa shape index (κ3) is 5.14. The molecule has 0 saturated heterocycles. The molecule has 0 saturated carbocycles. The lowest BCUT2D eigenvalue weighted by Crippen LogP contribution is -2.15. The van der Waals surface area contributed by atoms with Gasteiger partial charge in [0.15, 0.2) is 5.69 Å². The lowest BCUT2D eigenvalue weighted by Gasteiger charge is -2.14. The normalized spacial score (nSPS) is 11.4. The van der Waals surface area contributed by atoms with E-state index in [4.69, 9.17) is 0 Å². The van der Waals surface area contributed by atoms with Gasteiger partial charge in [-0.2, -0.15) is 0 Å². The summed E-state index contributed by atoms with van der Waals surface area (Å²) >= 11 is 0. The number of hydrogen-bond donors (Lipinski definition) is 3. The molecular weight excluding hydrogens is 354 g/mol. The molecule has 28 heavy (non-hydrogen) atoms. The van der Waals surface area contributed by atoms with Crippen molar-refractivity contribution in [1.29, 1.82) is 0 Å². The fourth-order valence-corrected chi connectivity index (χ4v) is 2.61. The molecule has 2 amide bonds. The monoisotopic (exact) mass is 375 g/mol. The number of anilines is 3. The van der Waals surface area contributed by atoms with Gasteiger partial charge in [-0.25, -0.2) is 0 Å². The van der Waals surface area contributed by atoms with Crippen molar-refractivity contribution in [2.75, 3.05) is 16.0 Å². The van der Waals surface area contributed by atoms with Crippen molar-refractivity contribution in [3.05, 3.63) is 78.0 Å². The number of nitrogens with one attached hydrogen (secondary N) is 3. The van der Waals surface area contributed by atoms with Gasteiger partial charge < -0.3 is 16.0 Å². The first kappa shape index (κ1) is 19.0. The van der Waals surface area contributed by atoms with Crippen LogP contribution in [0, 0.1) is 0 Å². The molecule has 142 valence electrons. The van der Waals surface area contributed by atoms with E-state index in [1.54, 1.807) is 36.4 Å². The molecule has 1 unspecified atom stereocenters. The van der Waals surface area contributed by atoms with E-state index in [9.17, 15) is 9.59 Å². The van der Waals surface area contributed by atoms with Crippen molar-refractivity contribution >= 4 is 29.0 Å². The molecule has 0 fully saturated rings. The Morgan fingerprint density at radius 2 is 1.46 bits per heavy atom. The van der Waals surface area contributed by atoms with E-state index in [0.717, 1.165) is 5.56 Å². The number of carbonyl (C=O) groups excluding carboxylic acids is 2. The molecule has 7 nitrogen and oxygen atoms in total. The summed E-state index contributed by atoms with van der Waals surface area (Å²) in [5, 5.41) is 16.8. The minimum Gasteiger partial charge on any atom is -0.362 e. The Bertz CT molecular complexity index is 941. The standard InChI is InChI=1S/C21H21N5O2/c1-14(16-6-4-3-5-7-16)22-20-13-12-19(25-26-20)21(28)24-18-10-8-17(9-11-18)23-15(2)27/h3-14H,1-2H3,(H,22,26)(H,23,27)(H,24,28). The zero-order valence-electron chi connectivity index (χ0n) is 15.6. The summed E-state index contributed by atoms with van der Waals surface area (Å²) in [5.74, 6) is 0.0809. The van der Waals surface area contributed by atoms with Gasteiger partial charge in [-0.15, -0.1) is 10.2 Å². The zero-order valence-corrected chi connectivity index (χ0v) is 15.6. The number of hydrogen-bond acceptors (Lipinski definition) is 5. The second kappa shape index (κ2) is 8.77. The van der Waals surface area contributed by atoms with Gasteiger partial charge in [-0.3, -0.25) is 9.59 Å². The van der Waals surface area contributed by atoms with E-state index in [0.29, 0.717) is 17.2 Å². The van der Waals surface area contributed by atoms with Gasteiger partial charge in [0.05, 0.1) is 0 Å². The summed E-state index contributed by atoms with van der Waals surface area (Å²) in [6, 6.07) is 20.2. The van der Waals surface area contributed by atoms with Crippen molar-refractivity contribution in [2.45, 2.75) is 19.9 Å². The SMILES string of the molecule is CC(=O)Nc1ccc(NC(=O)c2ccc(NC(C)c3ccccc3)nn2)cc1. The maximum absolute atomic E-state index is 12.3. The second-order valence-corrected chi connectivity index (χ2v) is 6.29. The lowest BCUT2D eigenvalue weighted by atomic mass is 10.1. The molecule has 0 bridgehead atoms. The van der Waals surface area contributed by atoms with Gasteiger partial charge in [0.1, 0.15) is 5.82 Å². The van der Waals surface area contributed by atoms with Crippen molar-refractivity contribution in [2.24, 2.45) is 0 Å². The summed E-state index contributed by atoms with van der Waals surface area (Å²) in [7, 11) is 0. The van der Waals surface area contributed by atoms with Crippen molar-refractivity contribution in [3.8, 4) is 0 Å². The van der Waals surface area contributed by atoms with Crippen LogP contribution in [-0.2, 0) is 4.79 Å². The minimum absolute atomic E-state index is 0.0669.